The Hall–Kier alpha value is -1.20. The van der Waals surface area contributed by atoms with Crippen LogP contribution in [0.25, 0.3) is 0 Å². The predicted molar refractivity (Wildman–Crippen MR) is 62.7 cm³/mol. The fourth-order valence-corrected chi connectivity index (χ4v) is 1.77. The lowest BCUT2D eigenvalue weighted by Gasteiger charge is -2.21. The van der Waals surface area contributed by atoms with Gasteiger partial charge in [0.1, 0.15) is 0 Å². The quantitative estimate of drug-likeness (QED) is 0.565. The number of nitrogens with one attached hydrogen (secondary N) is 1. The van der Waals surface area contributed by atoms with Gasteiger partial charge >= 0.3 is 0 Å². The molecule has 0 saturated heterocycles. The number of aromatic nitrogens is 2. The van der Waals surface area contributed by atoms with Gasteiger partial charge < -0.3 is 4.74 Å². The molecule has 2 atom stereocenters. The average molecular weight is 224 g/mol. The lowest BCUT2D eigenvalue weighted by molar-refractivity contribution is 0.352. The Balaban J connectivity index is 2.78. The normalized spacial score (nSPS) is 14.5. The zero-order valence-electron chi connectivity index (χ0n) is 10.1. The second-order valence-electron chi connectivity index (χ2n) is 3.91. The number of hydrazine groups is 1. The standard InChI is InChI=1S/C11H20N4O/c1-4-5-8(2)11(13-12)9-6-7-10(16-3)15-14-9/h6-8,11,13H,4-5,12H2,1-3H3. The van der Waals surface area contributed by atoms with Gasteiger partial charge in [-0.2, -0.15) is 5.10 Å². The highest BCUT2D eigenvalue weighted by Gasteiger charge is 2.18. The Morgan fingerprint density at radius 2 is 2.19 bits per heavy atom. The van der Waals surface area contributed by atoms with E-state index in [-0.39, 0.29) is 6.04 Å². The molecular formula is C11H20N4O. The minimum atomic E-state index is 0.0401. The number of ether oxygens (including phenoxy) is 1. The van der Waals surface area contributed by atoms with Crippen LogP contribution in [0.4, 0.5) is 0 Å². The van der Waals surface area contributed by atoms with Crippen LogP contribution >= 0.6 is 0 Å². The smallest absolute Gasteiger partial charge is 0.233 e. The van der Waals surface area contributed by atoms with Crippen LogP contribution in [0.3, 0.4) is 0 Å². The van der Waals surface area contributed by atoms with Crippen molar-refractivity contribution in [1.29, 1.82) is 0 Å². The zero-order valence-corrected chi connectivity index (χ0v) is 10.1. The van der Waals surface area contributed by atoms with Gasteiger partial charge in [-0.25, -0.2) is 0 Å². The van der Waals surface area contributed by atoms with Gasteiger partial charge in [0.15, 0.2) is 0 Å². The summed E-state index contributed by atoms with van der Waals surface area (Å²) >= 11 is 0. The van der Waals surface area contributed by atoms with Gasteiger partial charge in [0, 0.05) is 6.07 Å². The molecule has 0 spiro atoms. The fourth-order valence-electron chi connectivity index (χ4n) is 1.77. The molecule has 0 aliphatic heterocycles. The van der Waals surface area contributed by atoms with Crippen molar-refractivity contribution in [1.82, 2.24) is 15.6 Å². The number of methoxy groups -OCH3 is 1. The van der Waals surface area contributed by atoms with E-state index in [4.69, 9.17) is 10.6 Å². The number of nitrogens with zero attached hydrogens (tertiary/aromatic N) is 2. The van der Waals surface area contributed by atoms with Crippen molar-refractivity contribution in [2.45, 2.75) is 32.7 Å². The molecule has 0 radical (unpaired) electrons. The summed E-state index contributed by atoms with van der Waals surface area (Å²) in [5.41, 5.74) is 3.65. The highest BCUT2D eigenvalue weighted by Crippen LogP contribution is 2.23. The summed E-state index contributed by atoms with van der Waals surface area (Å²) in [5, 5.41) is 8.05. The number of rotatable bonds is 6. The minimum Gasteiger partial charge on any atom is -0.480 e. The molecular weight excluding hydrogens is 204 g/mol. The molecule has 0 fully saturated rings. The van der Waals surface area contributed by atoms with Crippen molar-refractivity contribution in [2.24, 2.45) is 11.8 Å². The molecule has 0 bridgehead atoms. The van der Waals surface area contributed by atoms with Crippen LogP contribution in [-0.4, -0.2) is 17.3 Å². The van der Waals surface area contributed by atoms with Crippen LogP contribution in [0.1, 0.15) is 38.4 Å². The minimum absolute atomic E-state index is 0.0401. The largest absolute Gasteiger partial charge is 0.480 e. The second kappa shape index (κ2) is 6.40. The first-order valence-corrected chi connectivity index (χ1v) is 5.56. The van der Waals surface area contributed by atoms with E-state index < -0.39 is 0 Å². The van der Waals surface area contributed by atoms with E-state index >= 15 is 0 Å². The molecule has 0 saturated carbocycles. The predicted octanol–water partition coefficient (Wildman–Crippen LogP) is 1.43. The Kier molecular flexibility index (Phi) is 5.14. The van der Waals surface area contributed by atoms with E-state index in [2.05, 4.69) is 29.5 Å². The number of nitrogens with two attached hydrogens (primary N) is 1. The molecule has 3 N–H and O–H groups in total. The second-order valence-corrected chi connectivity index (χ2v) is 3.91. The summed E-state index contributed by atoms with van der Waals surface area (Å²) in [4.78, 5) is 0. The van der Waals surface area contributed by atoms with Gasteiger partial charge in [-0.1, -0.05) is 20.3 Å². The van der Waals surface area contributed by atoms with Crippen molar-refractivity contribution in [2.75, 3.05) is 7.11 Å². The summed E-state index contributed by atoms with van der Waals surface area (Å²) in [6, 6.07) is 3.73. The van der Waals surface area contributed by atoms with E-state index in [9.17, 15) is 0 Å². The fraction of sp³-hybridized carbons (Fsp3) is 0.636. The van der Waals surface area contributed by atoms with E-state index in [1.807, 2.05) is 6.07 Å². The molecule has 0 aliphatic carbocycles. The third-order valence-corrected chi connectivity index (χ3v) is 2.68. The van der Waals surface area contributed by atoms with Gasteiger partial charge in [-0.05, 0) is 18.4 Å². The Bertz CT molecular complexity index is 301. The van der Waals surface area contributed by atoms with Gasteiger partial charge in [-0.3, -0.25) is 11.3 Å². The van der Waals surface area contributed by atoms with E-state index in [1.54, 1.807) is 13.2 Å². The third-order valence-electron chi connectivity index (χ3n) is 2.68. The summed E-state index contributed by atoms with van der Waals surface area (Å²) in [6.45, 7) is 4.31. The van der Waals surface area contributed by atoms with Crippen LogP contribution in [0.15, 0.2) is 12.1 Å². The maximum absolute atomic E-state index is 5.56. The van der Waals surface area contributed by atoms with Gasteiger partial charge in [0.25, 0.3) is 0 Å². The molecule has 0 aromatic carbocycles. The summed E-state index contributed by atoms with van der Waals surface area (Å²) in [5.74, 6) is 6.50. The van der Waals surface area contributed by atoms with Crippen LogP contribution in [0, 0.1) is 5.92 Å². The Morgan fingerprint density at radius 3 is 2.62 bits per heavy atom. The van der Waals surface area contributed by atoms with Crippen LogP contribution in [0.5, 0.6) is 5.88 Å². The lowest BCUT2D eigenvalue weighted by Crippen LogP contribution is -2.33. The Labute approximate surface area is 96.4 Å². The first-order valence-electron chi connectivity index (χ1n) is 5.56. The molecule has 0 aliphatic rings. The Morgan fingerprint density at radius 1 is 1.44 bits per heavy atom. The van der Waals surface area contributed by atoms with E-state index in [0.717, 1.165) is 18.5 Å². The first-order chi connectivity index (χ1) is 7.72. The summed E-state index contributed by atoms with van der Waals surface area (Å²) < 4.78 is 4.97. The highest BCUT2D eigenvalue weighted by atomic mass is 16.5. The zero-order chi connectivity index (χ0) is 12.0. The van der Waals surface area contributed by atoms with Crippen LogP contribution < -0.4 is 16.0 Å². The van der Waals surface area contributed by atoms with Crippen molar-refractivity contribution >= 4 is 0 Å². The highest BCUT2D eigenvalue weighted by molar-refractivity contribution is 5.14. The van der Waals surface area contributed by atoms with Crippen molar-refractivity contribution < 1.29 is 4.74 Å². The number of hydrogen-bond acceptors (Lipinski definition) is 5. The molecule has 1 rings (SSSR count). The van der Waals surface area contributed by atoms with Gasteiger partial charge in [-0.15, -0.1) is 5.10 Å². The van der Waals surface area contributed by atoms with Crippen molar-refractivity contribution in [3.05, 3.63) is 17.8 Å². The van der Waals surface area contributed by atoms with Gasteiger partial charge in [0.2, 0.25) is 5.88 Å². The van der Waals surface area contributed by atoms with Crippen LogP contribution in [0.2, 0.25) is 0 Å². The van der Waals surface area contributed by atoms with Crippen LogP contribution in [-0.2, 0) is 0 Å². The molecule has 0 amide bonds. The molecule has 16 heavy (non-hydrogen) atoms. The number of hydrogen-bond donors (Lipinski definition) is 2. The van der Waals surface area contributed by atoms with Crippen molar-refractivity contribution in [3.8, 4) is 5.88 Å². The molecule has 1 heterocycles. The molecule has 5 nitrogen and oxygen atoms in total. The summed E-state index contributed by atoms with van der Waals surface area (Å²) in [7, 11) is 1.57. The van der Waals surface area contributed by atoms with Gasteiger partial charge in [0.05, 0.1) is 18.8 Å². The monoisotopic (exact) mass is 224 g/mol. The third kappa shape index (κ3) is 3.15. The summed E-state index contributed by atoms with van der Waals surface area (Å²) in [6.07, 6.45) is 2.23. The molecule has 5 heteroatoms. The van der Waals surface area contributed by atoms with E-state index in [1.165, 1.54) is 0 Å². The molecule has 1 aromatic rings. The molecule has 90 valence electrons. The topological polar surface area (TPSA) is 73.1 Å². The molecule has 1 aromatic heterocycles. The average Bonchev–Trinajstić information content (AvgIpc) is 2.31. The first kappa shape index (κ1) is 12.9. The maximum atomic E-state index is 5.56. The lowest BCUT2D eigenvalue weighted by atomic mass is 9.95. The van der Waals surface area contributed by atoms with E-state index in [0.29, 0.717) is 11.8 Å². The van der Waals surface area contributed by atoms with Crippen molar-refractivity contribution in [3.63, 3.8) is 0 Å². The SMILES string of the molecule is CCCC(C)C(NN)c1ccc(OC)nn1. The molecule has 2 unspecified atom stereocenters. The maximum Gasteiger partial charge on any atom is 0.233 e.